The number of thioether (sulfide) groups is 1. The van der Waals surface area contributed by atoms with Crippen molar-refractivity contribution in [2.75, 3.05) is 19.3 Å². The fourth-order valence-corrected chi connectivity index (χ4v) is 3.42. The predicted molar refractivity (Wildman–Crippen MR) is 107 cm³/mol. The molecule has 1 aromatic carbocycles. The van der Waals surface area contributed by atoms with Gasteiger partial charge in [-0.3, -0.25) is 9.59 Å². The number of hydrogen-bond donors (Lipinski definition) is 1. The number of aromatic nitrogens is 3. The van der Waals surface area contributed by atoms with Crippen LogP contribution in [0, 0.1) is 0 Å². The molecule has 0 bridgehead atoms. The first-order valence-electron chi connectivity index (χ1n) is 8.87. The van der Waals surface area contributed by atoms with Gasteiger partial charge in [0, 0.05) is 24.7 Å². The van der Waals surface area contributed by atoms with Gasteiger partial charge in [-0.1, -0.05) is 42.1 Å². The lowest BCUT2D eigenvalue weighted by molar-refractivity contribution is -0.133. The number of amides is 2. The Labute approximate surface area is 164 Å². The van der Waals surface area contributed by atoms with Crippen LogP contribution in [0.15, 0.2) is 35.5 Å². The van der Waals surface area contributed by atoms with E-state index in [1.165, 1.54) is 16.7 Å². The van der Waals surface area contributed by atoms with Gasteiger partial charge in [0.25, 0.3) is 0 Å². The average Bonchev–Trinajstić information content (AvgIpc) is 3.01. The first-order valence-corrected chi connectivity index (χ1v) is 9.86. The summed E-state index contributed by atoms with van der Waals surface area (Å²) in [4.78, 5) is 25.8. The molecule has 0 atom stereocenters. The summed E-state index contributed by atoms with van der Waals surface area (Å²) in [6.45, 7) is 8.48. The van der Waals surface area contributed by atoms with Crippen LogP contribution in [0.5, 0.6) is 0 Å². The second kappa shape index (κ2) is 9.03. The molecular weight excluding hydrogens is 362 g/mol. The monoisotopic (exact) mass is 389 g/mol. The highest BCUT2D eigenvalue weighted by atomic mass is 32.2. The van der Waals surface area contributed by atoms with E-state index in [9.17, 15) is 9.59 Å². The Balaban J connectivity index is 1.97. The zero-order valence-corrected chi connectivity index (χ0v) is 17.3. The van der Waals surface area contributed by atoms with E-state index in [4.69, 9.17) is 0 Å². The molecule has 27 heavy (non-hydrogen) atoms. The zero-order valence-electron chi connectivity index (χ0n) is 16.5. The first kappa shape index (κ1) is 21.0. The Bertz CT molecular complexity index is 783. The molecule has 0 aliphatic rings. The lowest BCUT2D eigenvalue weighted by atomic mass is 10.1. The summed E-state index contributed by atoms with van der Waals surface area (Å²) in [5, 5.41) is 12.0. The van der Waals surface area contributed by atoms with Crippen molar-refractivity contribution in [3.63, 3.8) is 0 Å². The Morgan fingerprint density at radius 2 is 1.85 bits per heavy atom. The number of rotatable bonds is 7. The quantitative estimate of drug-likeness (QED) is 0.736. The van der Waals surface area contributed by atoms with Crippen molar-refractivity contribution in [3.8, 4) is 11.4 Å². The third-order valence-corrected chi connectivity index (χ3v) is 4.66. The van der Waals surface area contributed by atoms with Gasteiger partial charge in [0.2, 0.25) is 11.8 Å². The third-order valence-electron chi connectivity index (χ3n) is 3.71. The fraction of sp³-hybridized carbons (Fsp3) is 0.474. The molecule has 0 aliphatic carbocycles. The van der Waals surface area contributed by atoms with Crippen molar-refractivity contribution in [1.82, 2.24) is 25.0 Å². The van der Waals surface area contributed by atoms with E-state index in [-0.39, 0.29) is 29.7 Å². The van der Waals surface area contributed by atoms with Crippen molar-refractivity contribution >= 4 is 23.6 Å². The largest absolute Gasteiger partial charge is 0.350 e. The maximum absolute atomic E-state index is 12.4. The van der Waals surface area contributed by atoms with Gasteiger partial charge in [-0.25, -0.2) is 0 Å². The van der Waals surface area contributed by atoms with E-state index in [2.05, 4.69) is 15.5 Å². The highest BCUT2D eigenvalue weighted by Crippen LogP contribution is 2.23. The number of carbonyl (C=O) groups is 2. The SMILES string of the molecule is CCn1c(SCC(=O)N(C)CC(=O)NC(C)(C)C)nnc1-c1ccccc1. The van der Waals surface area contributed by atoms with E-state index in [1.54, 1.807) is 7.05 Å². The van der Waals surface area contributed by atoms with Gasteiger partial charge in [-0.05, 0) is 27.7 Å². The maximum Gasteiger partial charge on any atom is 0.240 e. The van der Waals surface area contributed by atoms with Crippen LogP contribution in [-0.2, 0) is 16.1 Å². The second-order valence-corrected chi connectivity index (χ2v) is 8.20. The smallest absolute Gasteiger partial charge is 0.240 e. The van der Waals surface area contributed by atoms with Crippen LogP contribution in [0.1, 0.15) is 27.7 Å². The van der Waals surface area contributed by atoms with E-state index in [1.807, 2.05) is 62.6 Å². The molecule has 2 amide bonds. The van der Waals surface area contributed by atoms with Crippen LogP contribution >= 0.6 is 11.8 Å². The minimum Gasteiger partial charge on any atom is -0.350 e. The normalized spacial score (nSPS) is 11.3. The van der Waals surface area contributed by atoms with Crippen molar-refractivity contribution in [3.05, 3.63) is 30.3 Å². The van der Waals surface area contributed by atoms with Gasteiger partial charge >= 0.3 is 0 Å². The summed E-state index contributed by atoms with van der Waals surface area (Å²) >= 11 is 1.33. The van der Waals surface area contributed by atoms with Gasteiger partial charge in [-0.2, -0.15) is 0 Å². The Morgan fingerprint density at radius 3 is 2.44 bits per heavy atom. The number of likely N-dealkylation sites (N-methyl/N-ethyl adjacent to an activating group) is 1. The molecule has 1 heterocycles. The van der Waals surface area contributed by atoms with Gasteiger partial charge in [-0.15, -0.1) is 10.2 Å². The van der Waals surface area contributed by atoms with E-state index >= 15 is 0 Å². The molecule has 1 aromatic heterocycles. The summed E-state index contributed by atoms with van der Waals surface area (Å²) in [6.07, 6.45) is 0. The Kier molecular flexibility index (Phi) is 7.01. The number of hydrogen-bond acceptors (Lipinski definition) is 5. The highest BCUT2D eigenvalue weighted by molar-refractivity contribution is 7.99. The molecular formula is C19H27N5O2S. The highest BCUT2D eigenvalue weighted by Gasteiger charge is 2.19. The fourth-order valence-electron chi connectivity index (χ4n) is 2.48. The van der Waals surface area contributed by atoms with Crippen molar-refractivity contribution < 1.29 is 9.59 Å². The summed E-state index contributed by atoms with van der Waals surface area (Å²) < 4.78 is 1.99. The summed E-state index contributed by atoms with van der Waals surface area (Å²) in [5.74, 6) is 0.681. The number of nitrogens with zero attached hydrogens (tertiary/aromatic N) is 4. The second-order valence-electron chi connectivity index (χ2n) is 7.25. The molecule has 7 nitrogen and oxygen atoms in total. The first-order chi connectivity index (χ1) is 12.7. The molecule has 1 N–H and O–H groups in total. The molecule has 2 rings (SSSR count). The van der Waals surface area contributed by atoms with E-state index in [0.29, 0.717) is 11.7 Å². The van der Waals surface area contributed by atoms with Gasteiger partial charge in [0.1, 0.15) is 0 Å². The molecule has 2 aromatic rings. The minimum atomic E-state index is -0.318. The third kappa shape index (κ3) is 6.09. The minimum absolute atomic E-state index is 0.0341. The maximum atomic E-state index is 12.4. The zero-order chi connectivity index (χ0) is 20.0. The van der Waals surface area contributed by atoms with Gasteiger partial charge in [0.05, 0.1) is 12.3 Å². The number of benzene rings is 1. The van der Waals surface area contributed by atoms with Crippen LogP contribution in [-0.4, -0.2) is 56.4 Å². The van der Waals surface area contributed by atoms with Crippen LogP contribution in [0.25, 0.3) is 11.4 Å². The van der Waals surface area contributed by atoms with Crippen LogP contribution < -0.4 is 5.32 Å². The summed E-state index contributed by atoms with van der Waals surface area (Å²) in [7, 11) is 1.63. The Morgan fingerprint density at radius 1 is 1.19 bits per heavy atom. The molecule has 0 aliphatic heterocycles. The average molecular weight is 390 g/mol. The van der Waals surface area contributed by atoms with Crippen LogP contribution in [0.2, 0.25) is 0 Å². The molecule has 0 saturated heterocycles. The lowest BCUT2D eigenvalue weighted by Gasteiger charge is -2.23. The summed E-state index contributed by atoms with van der Waals surface area (Å²) in [5.41, 5.74) is 0.669. The standard InChI is InChI=1S/C19H27N5O2S/c1-6-24-17(14-10-8-7-9-11-14)21-22-18(24)27-13-16(26)23(5)12-15(25)20-19(2,3)4/h7-11H,6,12-13H2,1-5H3,(H,20,25). The van der Waals surface area contributed by atoms with Crippen LogP contribution in [0.4, 0.5) is 0 Å². The summed E-state index contributed by atoms with van der Waals surface area (Å²) in [6, 6.07) is 9.83. The van der Waals surface area contributed by atoms with Crippen molar-refractivity contribution in [2.24, 2.45) is 0 Å². The molecule has 146 valence electrons. The van der Waals surface area contributed by atoms with E-state index in [0.717, 1.165) is 11.4 Å². The molecule has 0 spiro atoms. The molecule has 0 fully saturated rings. The van der Waals surface area contributed by atoms with Crippen molar-refractivity contribution in [1.29, 1.82) is 0 Å². The molecule has 0 radical (unpaired) electrons. The Hall–Kier alpha value is -2.35. The van der Waals surface area contributed by atoms with Gasteiger partial charge in [0.15, 0.2) is 11.0 Å². The number of nitrogens with one attached hydrogen (secondary N) is 1. The van der Waals surface area contributed by atoms with E-state index < -0.39 is 0 Å². The predicted octanol–water partition coefficient (Wildman–Crippen LogP) is 2.43. The number of carbonyl (C=O) groups excluding carboxylic acids is 2. The lowest BCUT2D eigenvalue weighted by Crippen LogP contribution is -2.46. The van der Waals surface area contributed by atoms with Gasteiger partial charge < -0.3 is 14.8 Å². The van der Waals surface area contributed by atoms with Crippen LogP contribution in [0.3, 0.4) is 0 Å². The molecule has 8 heteroatoms. The van der Waals surface area contributed by atoms with Crippen molar-refractivity contribution in [2.45, 2.75) is 44.9 Å². The topological polar surface area (TPSA) is 80.1 Å². The molecule has 0 saturated carbocycles. The molecule has 0 unspecified atom stereocenters.